The highest BCUT2D eigenvalue weighted by atomic mass is 32.1. The molecule has 1 aromatic carbocycles. The van der Waals surface area contributed by atoms with Crippen LogP contribution in [0.3, 0.4) is 0 Å². The predicted octanol–water partition coefficient (Wildman–Crippen LogP) is 2.93. The Balaban J connectivity index is 0.000000561. The molecule has 0 saturated heterocycles. The molecule has 0 radical (unpaired) electrons. The van der Waals surface area contributed by atoms with Gasteiger partial charge < -0.3 is 5.84 Å². The molecular formula is C15H12N6S. The second-order valence-corrected chi connectivity index (χ2v) is 4.80. The number of hydrogen-bond acceptors (Lipinski definition) is 7. The summed E-state index contributed by atoms with van der Waals surface area (Å²) < 4.78 is 1.14. The van der Waals surface area contributed by atoms with E-state index in [0.29, 0.717) is 0 Å². The van der Waals surface area contributed by atoms with E-state index in [9.17, 15) is 0 Å². The van der Waals surface area contributed by atoms with Crippen molar-refractivity contribution in [3.05, 3.63) is 48.3 Å². The number of rotatable bonds is 2. The quantitative estimate of drug-likeness (QED) is 0.444. The summed E-state index contributed by atoms with van der Waals surface area (Å²) in [6.07, 6.45) is 5.19. The van der Waals surface area contributed by atoms with Gasteiger partial charge >= 0.3 is 0 Å². The van der Waals surface area contributed by atoms with Gasteiger partial charge in [0.1, 0.15) is 5.01 Å². The topological polar surface area (TPSA) is 112 Å². The van der Waals surface area contributed by atoms with Crippen LogP contribution in [0.25, 0.3) is 20.8 Å². The molecular weight excluding hydrogens is 296 g/mol. The molecule has 3 rings (SSSR count). The molecule has 7 heteroatoms. The number of nitrogens with zero attached hydrogens (tertiary/aromatic N) is 5. The number of nitriles is 2. The number of nitrogens with two attached hydrogens (primary N) is 1. The second kappa shape index (κ2) is 8.80. The molecule has 0 bridgehead atoms. The maximum atomic E-state index is 6.50. The molecule has 0 aliphatic carbocycles. The van der Waals surface area contributed by atoms with Gasteiger partial charge in [0.15, 0.2) is 0 Å². The van der Waals surface area contributed by atoms with Gasteiger partial charge in [-0.05, 0) is 29.8 Å². The van der Waals surface area contributed by atoms with E-state index in [1.54, 1.807) is 23.7 Å². The molecule has 0 atom stereocenters. The van der Waals surface area contributed by atoms with Gasteiger partial charge in [0.05, 0.1) is 16.4 Å². The van der Waals surface area contributed by atoms with Crippen molar-refractivity contribution >= 4 is 27.8 Å². The molecule has 0 aliphatic heterocycles. The molecule has 2 N–H and O–H groups in total. The van der Waals surface area contributed by atoms with Gasteiger partial charge in [-0.25, -0.2) is 15.5 Å². The Morgan fingerprint density at radius 1 is 1.18 bits per heavy atom. The molecule has 0 spiro atoms. The maximum absolute atomic E-state index is 6.50. The van der Waals surface area contributed by atoms with Crippen LogP contribution < -0.4 is 5.84 Å². The monoisotopic (exact) mass is 308 g/mol. The minimum Gasteiger partial charge on any atom is -0.323 e. The molecule has 0 fully saturated rings. The zero-order chi connectivity index (χ0) is 16.4. The fourth-order valence-corrected chi connectivity index (χ4v) is 2.66. The summed E-state index contributed by atoms with van der Waals surface area (Å²) in [6, 6.07) is 9.90. The molecule has 2 heterocycles. The summed E-state index contributed by atoms with van der Waals surface area (Å²) in [5, 5.41) is 17.5. The summed E-state index contributed by atoms with van der Waals surface area (Å²) in [5.41, 5.74) is 2.94. The van der Waals surface area contributed by atoms with E-state index in [4.69, 9.17) is 16.4 Å². The third-order valence-corrected chi connectivity index (χ3v) is 3.63. The van der Waals surface area contributed by atoms with Crippen molar-refractivity contribution in [3.63, 3.8) is 0 Å². The Morgan fingerprint density at radius 2 is 1.95 bits per heavy atom. The number of fused-ring (bicyclic) bond motifs is 1. The summed E-state index contributed by atoms with van der Waals surface area (Å²) in [6.45, 7) is 7.00. The Kier molecular flexibility index (Phi) is 6.70. The van der Waals surface area contributed by atoms with Crippen molar-refractivity contribution in [2.24, 2.45) is 10.9 Å². The molecule has 0 unspecified atom stereocenters. The fraction of sp³-hybridized carbons (Fsp3) is 0. The smallest absolute Gasteiger partial charge is 0.126 e. The van der Waals surface area contributed by atoms with Crippen molar-refractivity contribution in [2.45, 2.75) is 0 Å². The summed E-state index contributed by atoms with van der Waals surface area (Å²) in [7, 11) is 0. The molecule has 0 aliphatic rings. The highest BCUT2D eigenvalue weighted by molar-refractivity contribution is 7.21. The number of hydrazone groups is 1. The van der Waals surface area contributed by atoms with E-state index in [1.807, 2.05) is 36.5 Å². The van der Waals surface area contributed by atoms with Crippen molar-refractivity contribution in [3.8, 4) is 23.7 Å². The second-order valence-electron chi connectivity index (χ2n) is 3.77. The standard InChI is InChI=1S/C13H10N4S.2CHN/c14-16-7-9-3-4-12-11(6-9)17-13(18-12)10-2-1-5-15-8-10;2*1-2/h1-8H,14H2;2*1H. The number of thiazole rings is 1. The SMILES string of the molecule is C#N.C#N.NN=Cc1ccc2sc(-c3cccnc3)nc2c1. The van der Waals surface area contributed by atoms with Crippen LogP contribution in [-0.4, -0.2) is 16.2 Å². The van der Waals surface area contributed by atoms with Gasteiger partial charge in [0.25, 0.3) is 0 Å². The molecule has 0 saturated carbocycles. The minimum absolute atomic E-state index is 0.952. The molecule has 2 aromatic heterocycles. The van der Waals surface area contributed by atoms with E-state index in [-0.39, 0.29) is 0 Å². The lowest BCUT2D eigenvalue weighted by atomic mass is 10.2. The Bertz CT molecular complexity index is 783. The van der Waals surface area contributed by atoms with Crippen LogP contribution in [0.4, 0.5) is 0 Å². The van der Waals surface area contributed by atoms with Crippen molar-refractivity contribution in [1.29, 1.82) is 10.5 Å². The highest BCUT2D eigenvalue weighted by Gasteiger charge is 2.06. The van der Waals surface area contributed by atoms with Crippen LogP contribution in [0.15, 0.2) is 47.8 Å². The number of aromatic nitrogens is 2. The van der Waals surface area contributed by atoms with Crippen LogP contribution in [0.5, 0.6) is 0 Å². The average Bonchev–Trinajstić information content (AvgIpc) is 3.03. The summed E-state index contributed by atoms with van der Waals surface area (Å²) in [5.74, 6) is 5.14. The van der Waals surface area contributed by atoms with Crippen molar-refractivity contribution in [2.75, 3.05) is 0 Å². The van der Waals surface area contributed by atoms with Crippen molar-refractivity contribution < 1.29 is 0 Å². The Morgan fingerprint density at radius 3 is 2.59 bits per heavy atom. The number of hydrogen-bond donors (Lipinski definition) is 1. The van der Waals surface area contributed by atoms with E-state index in [2.05, 4.69) is 28.2 Å². The van der Waals surface area contributed by atoms with E-state index in [1.165, 1.54) is 0 Å². The molecule has 22 heavy (non-hydrogen) atoms. The minimum atomic E-state index is 0.952. The first-order chi connectivity index (χ1) is 10.9. The third-order valence-electron chi connectivity index (χ3n) is 2.54. The molecule has 0 amide bonds. The van der Waals surface area contributed by atoms with E-state index >= 15 is 0 Å². The van der Waals surface area contributed by atoms with Gasteiger partial charge in [0.2, 0.25) is 0 Å². The lowest BCUT2D eigenvalue weighted by Crippen LogP contribution is -1.85. The number of benzene rings is 1. The lowest BCUT2D eigenvalue weighted by Gasteiger charge is -1.91. The van der Waals surface area contributed by atoms with Gasteiger partial charge in [-0.15, -0.1) is 11.3 Å². The number of pyridine rings is 1. The van der Waals surface area contributed by atoms with Crippen molar-refractivity contribution in [1.82, 2.24) is 9.97 Å². The normalized spacial score (nSPS) is 9.45. The molecule has 108 valence electrons. The van der Waals surface area contributed by atoms with Gasteiger partial charge in [-0.1, -0.05) is 6.07 Å². The summed E-state index contributed by atoms with van der Waals surface area (Å²) in [4.78, 5) is 8.71. The predicted molar refractivity (Wildman–Crippen MR) is 88.0 cm³/mol. The third kappa shape index (κ3) is 3.85. The van der Waals surface area contributed by atoms with E-state index < -0.39 is 0 Å². The Labute approximate surface area is 131 Å². The fourth-order valence-electron chi connectivity index (χ4n) is 1.72. The van der Waals surface area contributed by atoms with Crippen LogP contribution in [0, 0.1) is 23.7 Å². The largest absolute Gasteiger partial charge is 0.323 e. The van der Waals surface area contributed by atoms with Gasteiger partial charge in [0, 0.05) is 31.1 Å². The van der Waals surface area contributed by atoms with Gasteiger partial charge in [-0.2, -0.15) is 5.10 Å². The van der Waals surface area contributed by atoms with Crippen LogP contribution in [0.2, 0.25) is 0 Å². The molecule has 3 aromatic rings. The Hall–Kier alpha value is -3.29. The zero-order valence-electron chi connectivity index (χ0n) is 11.5. The maximum Gasteiger partial charge on any atom is 0.126 e. The first kappa shape index (κ1) is 16.8. The lowest BCUT2D eigenvalue weighted by molar-refractivity contribution is 1.26. The van der Waals surface area contributed by atoms with Gasteiger partial charge in [-0.3, -0.25) is 4.98 Å². The first-order valence-corrected chi connectivity index (χ1v) is 6.74. The zero-order valence-corrected chi connectivity index (χ0v) is 12.3. The van der Waals surface area contributed by atoms with Crippen LogP contribution >= 0.6 is 11.3 Å². The first-order valence-electron chi connectivity index (χ1n) is 5.93. The molecule has 6 nitrogen and oxygen atoms in total. The van der Waals surface area contributed by atoms with Crippen LogP contribution in [0.1, 0.15) is 5.56 Å². The highest BCUT2D eigenvalue weighted by Crippen LogP contribution is 2.29. The average molecular weight is 308 g/mol. The van der Waals surface area contributed by atoms with E-state index in [0.717, 1.165) is 26.4 Å². The summed E-state index contributed by atoms with van der Waals surface area (Å²) >= 11 is 1.65. The van der Waals surface area contributed by atoms with Crippen LogP contribution in [-0.2, 0) is 0 Å².